The zero-order chi connectivity index (χ0) is 21.7. The lowest BCUT2D eigenvalue weighted by Gasteiger charge is -2.13. The minimum Gasteiger partial charge on any atom is -0.748 e. The van der Waals surface area contributed by atoms with Crippen molar-refractivity contribution in [2.75, 3.05) is 6.61 Å². The molecule has 6 nitrogen and oxygen atoms in total. The molecule has 1 unspecified atom stereocenters. The van der Waals surface area contributed by atoms with Gasteiger partial charge in [-0.3, -0.25) is 0 Å². The van der Waals surface area contributed by atoms with E-state index in [0.29, 0.717) is 31.0 Å². The highest BCUT2D eigenvalue weighted by Crippen LogP contribution is 2.25. The van der Waals surface area contributed by atoms with E-state index in [1.54, 1.807) is 0 Å². The van der Waals surface area contributed by atoms with E-state index in [1.165, 1.54) is 6.92 Å². The molecular formula is C23H27NO5S. The summed E-state index contributed by atoms with van der Waals surface area (Å²) in [5.74, 6) is 1.34. The Balaban J connectivity index is 2.09. The van der Waals surface area contributed by atoms with Crippen LogP contribution in [0.2, 0.25) is 0 Å². The number of ether oxygens (including phenoxy) is 1. The van der Waals surface area contributed by atoms with Crippen molar-refractivity contribution in [1.82, 2.24) is 0 Å². The van der Waals surface area contributed by atoms with Gasteiger partial charge in [0.05, 0.1) is 28.1 Å². The minimum atomic E-state index is -4.34. The summed E-state index contributed by atoms with van der Waals surface area (Å²) in [4.78, 5) is 0. The van der Waals surface area contributed by atoms with Gasteiger partial charge in [0.15, 0.2) is 6.54 Å². The molecule has 3 aromatic rings. The zero-order valence-electron chi connectivity index (χ0n) is 17.5. The van der Waals surface area contributed by atoms with Crippen molar-refractivity contribution in [3.63, 3.8) is 0 Å². The van der Waals surface area contributed by atoms with Gasteiger partial charge in [-0.2, -0.15) is 4.57 Å². The van der Waals surface area contributed by atoms with E-state index in [9.17, 15) is 13.0 Å². The van der Waals surface area contributed by atoms with Crippen LogP contribution in [0.1, 0.15) is 39.5 Å². The predicted molar refractivity (Wildman–Crippen MR) is 116 cm³/mol. The lowest BCUT2D eigenvalue weighted by Crippen LogP contribution is -2.38. The Hall–Kier alpha value is -2.64. The summed E-state index contributed by atoms with van der Waals surface area (Å²) in [6.45, 7) is 6.23. The molecular weight excluding hydrogens is 402 g/mol. The fourth-order valence-electron chi connectivity index (χ4n) is 3.27. The monoisotopic (exact) mass is 429 g/mol. The highest BCUT2D eigenvalue weighted by molar-refractivity contribution is 7.86. The maximum atomic E-state index is 11.4. The lowest BCUT2D eigenvalue weighted by atomic mass is 10.1. The second-order valence-electron chi connectivity index (χ2n) is 7.13. The Morgan fingerprint density at radius 2 is 1.90 bits per heavy atom. The summed E-state index contributed by atoms with van der Waals surface area (Å²) < 4.78 is 47.7. The Bertz CT molecular complexity index is 1130. The van der Waals surface area contributed by atoms with Crippen LogP contribution in [0.4, 0.5) is 0 Å². The molecule has 0 saturated carbocycles. The highest BCUT2D eigenvalue weighted by atomic mass is 32.2. The summed E-state index contributed by atoms with van der Waals surface area (Å²) in [6, 6.07) is 15.9. The average molecular weight is 430 g/mol. The number of allylic oxidation sites excluding steroid dienone is 1. The number of oxazole rings is 1. The van der Waals surface area contributed by atoms with Gasteiger partial charge in [-0.15, -0.1) is 0 Å². The molecule has 0 bridgehead atoms. The Morgan fingerprint density at radius 1 is 1.17 bits per heavy atom. The molecule has 0 spiro atoms. The first-order valence-electron chi connectivity index (χ1n) is 10.1. The molecule has 30 heavy (non-hydrogen) atoms. The van der Waals surface area contributed by atoms with Gasteiger partial charge >= 0.3 is 5.89 Å². The van der Waals surface area contributed by atoms with Gasteiger partial charge in [0.25, 0.3) is 5.52 Å². The van der Waals surface area contributed by atoms with E-state index in [4.69, 9.17) is 9.15 Å². The molecule has 0 aliphatic rings. The Morgan fingerprint density at radius 3 is 2.53 bits per heavy atom. The first-order valence-corrected chi connectivity index (χ1v) is 11.6. The number of aryl methyl sites for hydroxylation is 1. The number of benzene rings is 2. The Kier molecular flexibility index (Phi) is 6.95. The third-order valence-electron chi connectivity index (χ3n) is 5.05. The van der Waals surface area contributed by atoms with E-state index in [1.807, 2.05) is 73.0 Å². The fourth-order valence-corrected chi connectivity index (χ4v) is 3.67. The molecule has 0 aliphatic heterocycles. The fraction of sp³-hybridized carbons (Fsp3) is 0.348. The minimum absolute atomic E-state index is 0.192. The van der Waals surface area contributed by atoms with Crippen molar-refractivity contribution in [2.45, 2.75) is 45.4 Å². The van der Waals surface area contributed by atoms with E-state index in [2.05, 4.69) is 0 Å². The van der Waals surface area contributed by atoms with Crippen LogP contribution in [-0.4, -0.2) is 24.8 Å². The third-order valence-corrected chi connectivity index (χ3v) is 6.27. The van der Waals surface area contributed by atoms with Gasteiger partial charge in [-0.25, -0.2) is 8.42 Å². The molecule has 0 fully saturated rings. The standard InChI is InChI=1S/C23H27NO5S/c1-4-20(28-5-2)16-23-24(14-13-17(3)30(25,26)27)21-15-19(11-12-22(21)29-23)18-9-7-6-8-10-18/h6-12,15-17H,4-5,13-14H2,1-3H3/b20-16+. The van der Waals surface area contributed by atoms with Gasteiger partial charge in [0.2, 0.25) is 5.58 Å². The van der Waals surface area contributed by atoms with Crippen molar-refractivity contribution in [1.29, 1.82) is 0 Å². The zero-order valence-corrected chi connectivity index (χ0v) is 18.3. The van der Waals surface area contributed by atoms with E-state index in [-0.39, 0.29) is 6.42 Å². The normalized spacial score (nSPS) is 13.5. The quantitative estimate of drug-likeness (QED) is 0.284. The first-order chi connectivity index (χ1) is 14.3. The van der Waals surface area contributed by atoms with Crippen LogP contribution in [-0.2, 0) is 21.4 Å². The summed E-state index contributed by atoms with van der Waals surface area (Å²) >= 11 is 0. The van der Waals surface area contributed by atoms with Gasteiger partial charge in [0.1, 0.15) is 5.76 Å². The number of rotatable bonds is 9. The van der Waals surface area contributed by atoms with Crippen LogP contribution in [0.5, 0.6) is 0 Å². The predicted octanol–water partition coefficient (Wildman–Crippen LogP) is 4.50. The summed E-state index contributed by atoms with van der Waals surface area (Å²) in [5, 5.41) is -0.985. The molecule has 7 heteroatoms. The van der Waals surface area contributed by atoms with Crippen LogP contribution < -0.4 is 4.57 Å². The molecule has 0 aliphatic carbocycles. The molecule has 2 aromatic carbocycles. The van der Waals surface area contributed by atoms with Crippen molar-refractivity contribution >= 4 is 27.3 Å². The second-order valence-corrected chi connectivity index (χ2v) is 8.92. The lowest BCUT2D eigenvalue weighted by molar-refractivity contribution is -0.678. The second kappa shape index (κ2) is 9.45. The summed E-state index contributed by atoms with van der Waals surface area (Å²) in [7, 11) is -4.34. The van der Waals surface area contributed by atoms with Crippen LogP contribution in [0.15, 0.2) is 58.7 Å². The van der Waals surface area contributed by atoms with Gasteiger partial charge in [-0.1, -0.05) is 43.3 Å². The molecule has 1 atom stereocenters. The molecule has 0 saturated heterocycles. The third kappa shape index (κ3) is 5.09. The SMILES string of the molecule is CCO/C(=C/c1oc2ccc(-c3ccccc3)cc2[n+]1CCC(C)S(=O)(=O)[O-])CC. The summed E-state index contributed by atoms with van der Waals surface area (Å²) in [6.07, 6.45) is 2.73. The number of fused-ring (bicyclic) bond motifs is 1. The molecule has 0 N–H and O–H groups in total. The molecule has 160 valence electrons. The molecule has 0 radical (unpaired) electrons. The number of hydrogen-bond donors (Lipinski definition) is 0. The molecule has 0 amide bonds. The number of hydrogen-bond acceptors (Lipinski definition) is 5. The molecule has 1 aromatic heterocycles. The van der Waals surface area contributed by atoms with E-state index < -0.39 is 15.4 Å². The van der Waals surface area contributed by atoms with E-state index >= 15 is 0 Å². The van der Waals surface area contributed by atoms with Gasteiger partial charge in [0, 0.05) is 18.9 Å². The average Bonchev–Trinajstić information content (AvgIpc) is 3.07. The topological polar surface area (TPSA) is 83.5 Å². The maximum absolute atomic E-state index is 11.4. The van der Waals surface area contributed by atoms with Crippen molar-refractivity contribution in [2.24, 2.45) is 0 Å². The van der Waals surface area contributed by atoms with Gasteiger partial charge < -0.3 is 13.7 Å². The van der Waals surface area contributed by atoms with Crippen molar-refractivity contribution < 1.29 is 26.7 Å². The van der Waals surface area contributed by atoms with Crippen LogP contribution in [0, 0.1) is 0 Å². The number of aromatic nitrogens is 1. The van der Waals surface area contributed by atoms with Crippen LogP contribution in [0.3, 0.4) is 0 Å². The van der Waals surface area contributed by atoms with E-state index in [0.717, 1.165) is 22.4 Å². The van der Waals surface area contributed by atoms with Crippen LogP contribution >= 0.6 is 0 Å². The molecule has 3 rings (SSSR count). The molecule has 1 heterocycles. The highest BCUT2D eigenvalue weighted by Gasteiger charge is 2.24. The summed E-state index contributed by atoms with van der Waals surface area (Å²) in [5.41, 5.74) is 3.62. The van der Waals surface area contributed by atoms with Crippen LogP contribution in [0.25, 0.3) is 28.3 Å². The largest absolute Gasteiger partial charge is 0.748 e. The van der Waals surface area contributed by atoms with Gasteiger partial charge in [-0.05, 0) is 31.0 Å². The van der Waals surface area contributed by atoms with Crippen molar-refractivity contribution in [3.05, 3.63) is 60.2 Å². The first kappa shape index (κ1) is 22.1. The van der Waals surface area contributed by atoms with Crippen molar-refractivity contribution in [3.8, 4) is 11.1 Å². The maximum Gasteiger partial charge on any atom is 0.377 e. The number of nitrogens with zero attached hydrogens (tertiary/aromatic N) is 1. The smallest absolute Gasteiger partial charge is 0.377 e. The Labute approximate surface area is 177 Å².